The maximum Gasteiger partial charge on any atom is 0.228 e. The number of anilines is 1. The fourth-order valence-electron chi connectivity index (χ4n) is 4.04. The van der Waals surface area contributed by atoms with E-state index in [1.165, 1.54) is 5.56 Å². The first-order chi connectivity index (χ1) is 12.6. The summed E-state index contributed by atoms with van der Waals surface area (Å²) in [6.07, 6.45) is 3.23. The van der Waals surface area contributed by atoms with Gasteiger partial charge in [-0.25, -0.2) is 0 Å². The number of hydrogen-bond acceptors (Lipinski definition) is 4. The molecule has 4 nitrogen and oxygen atoms in total. The van der Waals surface area contributed by atoms with E-state index < -0.39 is 0 Å². The first-order valence-corrected chi connectivity index (χ1v) is 10.3. The van der Waals surface area contributed by atoms with Crippen molar-refractivity contribution in [2.45, 2.75) is 25.8 Å². The molecule has 1 atom stereocenters. The second kappa shape index (κ2) is 7.22. The lowest BCUT2D eigenvalue weighted by Crippen LogP contribution is -2.35. The van der Waals surface area contributed by atoms with E-state index in [4.69, 9.17) is 16.3 Å². The SMILES string of the molecule is COc1ccc(NC(=O)C2CC23CCN(Cc2ccsc2)CC3)cc1Cl. The second-order valence-corrected chi connectivity index (χ2v) is 8.55. The standard InChI is InChI=1S/C20H23ClN2O2S/c1-25-18-3-2-15(10-17(18)21)22-19(24)16-11-20(16)5-7-23(8-6-20)12-14-4-9-26-13-14/h2-4,9-10,13,16H,5-8,11-12H2,1H3,(H,22,24). The van der Waals surface area contributed by atoms with Crippen LogP contribution in [-0.4, -0.2) is 31.0 Å². The molecule has 2 aromatic rings. The van der Waals surface area contributed by atoms with E-state index in [2.05, 4.69) is 27.0 Å². The minimum atomic E-state index is 0.123. The summed E-state index contributed by atoms with van der Waals surface area (Å²) in [7, 11) is 1.58. The molecular formula is C20H23ClN2O2S. The number of carbonyl (C=O) groups excluding carboxylic acids is 1. The molecule has 26 heavy (non-hydrogen) atoms. The molecule has 1 unspecified atom stereocenters. The van der Waals surface area contributed by atoms with Crippen LogP contribution in [0.2, 0.25) is 5.02 Å². The zero-order valence-corrected chi connectivity index (χ0v) is 16.4. The molecule has 2 fully saturated rings. The molecule has 1 aliphatic heterocycles. The molecule has 2 aliphatic rings. The molecule has 1 saturated carbocycles. The molecule has 1 aromatic heterocycles. The Kier molecular flexibility index (Phi) is 4.95. The Morgan fingerprint density at radius 1 is 1.38 bits per heavy atom. The van der Waals surface area contributed by atoms with Gasteiger partial charge in [-0.1, -0.05) is 11.6 Å². The van der Waals surface area contributed by atoms with Gasteiger partial charge in [0.1, 0.15) is 5.75 Å². The summed E-state index contributed by atoms with van der Waals surface area (Å²) in [6, 6.07) is 7.56. The predicted molar refractivity (Wildman–Crippen MR) is 106 cm³/mol. The van der Waals surface area contributed by atoms with Gasteiger partial charge in [-0.2, -0.15) is 11.3 Å². The minimum absolute atomic E-state index is 0.123. The Hall–Kier alpha value is -1.56. The Morgan fingerprint density at radius 2 is 2.19 bits per heavy atom. The van der Waals surface area contributed by atoms with Crippen molar-refractivity contribution in [3.63, 3.8) is 0 Å². The number of thiophene rings is 1. The summed E-state index contributed by atoms with van der Waals surface area (Å²) < 4.78 is 5.15. The number of halogens is 1. The van der Waals surface area contributed by atoms with Crippen molar-refractivity contribution in [1.29, 1.82) is 0 Å². The molecule has 1 aliphatic carbocycles. The number of hydrogen-bond donors (Lipinski definition) is 1. The first kappa shape index (κ1) is 17.8. The molecule has 1 N–H and O–H groups in total. The Bertz CT molecular complexity index is 785. The van der Waals surface area contributed by atoms with Crippen LogP contribution < -0.4 is 10.1 Å². The summed E-state index contributed by atoms with van der Waals surface area (Å²) in [5.74, 6) is 0.870. The lowest BCUT2D eigenvalue weighted by atomic mass is 9.90. The van der Waals surface area contributed by atoms with E-state index in [1.54, 1.807) is 30.6 Å². The maximum atomic E-state index is 12.7. The average Bonchev–Trinajstić information content (AvgIpc) is 3.08. The van der Waals surface area contributed by atoms with Gasteiger partial charge in [-0.3, -0.25) is 9.69 Å². The number of piperidine rings is 1. The number of methoxy groups -OCH3 is 1. The van der Waals surface area contributed by atoms with Crippen LogP contribution in [0.3, 0.4) is 0 Å². The highest BCUT2D eigenvalue weighted by atomic mass is 35.5. The topological polar surface area (TPSA) is 41.6 Å². The monoisotopic (exact) mass is 390 g/mol. The molecular weight excluding hydrogens is 368 g/mol. The van der Waals surface area contributed by atoms with E-state index in [0.717, 1.165) is 44.6 Å². The van der Waals surface area contributed by atoms with Crippen LogP contribution in [0, 0.1) is 11.3 Å². The van der Waals surface area contributed by atoms with Crippen molar-refractivity contribution < 1.29 is 9.53 Å². The van der Waals surface area contributed by atoms with Crippen molar-refractivity contribution >= 4 is 34.5 Å². The van der Waals surface area contributed by atoms with E-state index in [1.807, 2.05) is 6.07 Å². The number of nitrogens with one attached hydrogen (secondary N) is 1. The number of amides is 1. The van der Waals surface area contributed by atoms with Gasteiger partial charge < -0.3 is 10.1 Å². The zero-order valence-electron chi connectivity index (χ0n) is 14.8. The summed E-state index contributed by atoms with van der Waals surface area (Å²) >= 11 is 7.90. The van der Waals surface area contributed by atoms with Crippen molar-refractivity contribution in [1.82, 2.24) is 4.90 Å². The number of nitrogens with zero attached hydrogens (tertiary/aromatic N) is 1. The molecule has 0 radical (unpaired) electrons. The Labute approximate surface area is 163 Å². The summed E-state index contributed by atoms with van der Waals surface area (Å²) in [5, 5.41) is 7.89. The Morgan fingerprint density at radius 3 is 2.85 bits per heavy atom. The van der Waals surface area contributed by atoms with E-state index in [-0.39, 0.29) is 17.2 Å². The molecule has 6 heteroatoms. The van der Waals surface area contributed by atoms with Gasteiger partial charge in [0.2, 0.25) is 5.91 Å². The number of ether oxygens (including phenoxy) is 1. The van der Waals surface area contributed by atoms with Gasteiger partial charge in [0.25, 0.3) is 0 Å². The van der Waals surface area contributed by atoms with Crippen molar-refractivity contribution in [3.8, 4) is 5.75 Å². The van der Waals surface area contributed by atoms with Gasteiger partial charge >= 0.3 is 0 Å². The van der Waals surface area contributed by atoms with Gasteiger partial charge in [0.05, 0.1) is 12.1 Å². The van der Waals surface area contributed by atoms with Gasteiger partial charge in [-0.05, 0) is 78.4 Å². The third-order valence-electron chi connectivity index (χ3n) is 5.76. The molecule has 138 valence electrons. The number of carbonyl (C=O) groups is 1. The molecule has 1 spiro atoms. The highest BCUT2D eigenvalue weighted by Gasteiger charge is 2.58. The van der Waals surface area contributed by atoms with Crippen LogP contribution in [0.4, 0.5) is 5.69 Å². The number of benzene rings is 1. The van der Waals surface area contributed by atoms with Crippen LogP contribution in [0.15, 0.2) is 35.0 Å². The van der Waals surface area contributed by atoms with E-state index >= 15 is 0 Å². The molecule has 1 aromatic carbocycles. The molecule has 1 saturated heterocycles. The molecule has 1 amide bonds. The normalized spacial score (nSPS) is 21.5. The maximum absolute atomic E-state index is 12.7. The first-order valence-electron chi connectivity index (χ1n) is 8.97. The highest BCUT2D eigenvalue weighted by molar-refractivity contribution is 7.07. The van der Waals surface area contributed by atoms with Crippen LogP contribution in [0.1, 0.15) is 24.8 Å². The van der Waals surface area contributed by atoms with Crippen LogP contribution in [0.25, 0.3) is 0 Å². The number of likely N-dealkylation sites (tertiary alicyclic amines) is 1. The predicted octanol–water partition coefficient (Wildman–Crippen LogP) is 4.65. The highest BCUT2D eigenvalue weighted by Crippen LogP contribution is 2.59. The largest absolute Gasteiger partial charge is 0.495 e. The lowest BCUT2D eigenvalue weighted by Gasteiger charge is -2.32. The zero-order chi connectivity index (χ0) is 18.1. The van der Waals surface area contributed by atoms with E-state index in [0.29, 0.717) is 10.8 Å². The average molecular weight is 391 g/mol. The smallest absolute Gasteiger partial charge is 0.228 e. The van der Waals surface area contributed by atoms with Gasteiger partial charge in [0, 0.05) is 18.2 Å². The quantitative estimate of drug-likeness (QED) is 0.807. The van der Waals surface area contributed by atoms with Crippen molar-refractivity contribution in [2.24, 2.45) is 11.3 Å². The summed E-state index contributed by atoms with van der Waals surface area (Å²) in [4.78, 5) is 15.2. The van der Waals surface area contributed by atoms with E-state index in [9.17, 15) is 4.79 Å². The fourth-order valence-corrected chi connectivity index (χ4v) is 4.96. The molecule has 2 heterocycles. The van der Waals surface area contributed by atoms with Crippen LogP contribution in [0.5, 0.6) is 5.75 Å². The second-order valence-electron chi connectivity index (χ2n) is 7.37. The Balaban J connectivity index is 1.30. The fraction of sp³-hybridized carbons (Fsp3) is 0.450. The van der Waals surface area contributed by atoms with Crippen LogP contribution in [-0.2, 0) is 11.3 Å². The molecule has 0 bridgehead atoms. The van der Waals surface area contributed by atoms with Crippen molar-refractivity contribution in [3.05, 3.63) is 45.6 Å². The minimum Gasteiger partial charge on any atom is -0.495 e. The summed E-state index contributed by atoms with van der Waals surface area (Å²) in [6.45, 7) is 3.18. The summed E-state index contributed by atoms with van der Waals surface area (Å²) in [5.41, 5.74) is 2.34. The third-order valence-corrected chi connectivity index (χ3v) is 6.79. The molecule has 4 rings (SSSR count). The third kappa shape index (κ3) is 3.61. The van der Waals surface area contributed by atoms with Gasteiger partial charge in [0.15, 0.2) is 0 Å². The van der Waals surface area contributed by atoms with Gasteiger partial charge in [-0.15, -0.1) is 0 Å². The van der Waals surface area contributed by atoms with Crippen molar-refractivity contribution in [2.75, 3.05) is 25.5 Å². The van der Waals surface area contributed by atoms with Crippen LogP contribution >= 0.6 is 22.9 Å². The lowest BCUT2D eigenvalue weighted by molar-refractivity contribution is -0.118. The number of rotatable bonds is 5.